The van der Waals surface area contributed by atoms with Crippen LogP contribution in [0, 0.1) is 12.7 Å². The second kappa shape index (κ2) is 5.30. The molecule has 1 unspecified atom stereocenters. The van der Waals surface area contributed by atoms with Crippen molar-refractivity contribution in [1.82, 2.24) is 0 Å². The molecule has 0 bridgehead atoms. The van der Waals surface area contributed by atoms with E-state index >= 15 is 0 Å². The van der Waals surface area contributed by atoms with E-state index in [0.717, 1.165) is 11.3 Å². The molecule has 0 fully saturated rings. The molecular formula is C17H16FNO2. The molecule has 4 heteroatoms. The number of benzene rings is 2. The second-order valence-electron chi connectivity index (χ2n) is 5.28. The van der Waals surface area contributed by atoms with Crippen LogP contribution in [0.5, 0.6) is 0 Å². The molecule has 0 saturated heterocycles. The number of amides is 1. The average molecular weight is 285 g/mol. The Hall–Kier alpha value is -2.20. The molecule has 108 valence electrons. The van der Waals surface area contributed by atoms with Gasteiger partial charge in [-0.05, 0) is 43.2 Å². The van der Waals surface area contributed by atoms with Crippen LogP contribution >= 0.6 is 0 Å². The van der Waals surface area contributed by atoms with Crippen LogP contribution in [0.2, 0.25) is 0 Å². The van der Waals surface area contributed by atoms with Crippen molar-refractivity contribution in [3.8, 4) is 0 Å². The SMILES string of the molecule is Cc1cc(C(=O)N2CCC(O)c3ccccc32)ccc1F. The number of carbonyl (C=O) groups excluding carboxylic acids is 1. The Kier molecular flexibility index (Phi) is 3.47. The van der Waals surface area contributed by atoms with Crippen LogP contribution in [0.3, 0.4) is 0 Å². The summed E-state index contributed by atoms with van der Waals surface area (Å²) in [6.07, 6.45) is -0.0386. The second-order valence-corrected chi connectivity index (χ2v) is 5.28. The van der Waals surface area contributed by atoms with Crippen LogP contribution in [0.25, 0.3) is 0 Å². The topological polar surface area (TPSA) is 40.5 Å². The fourth-order valence-corrected chi connectivity index (χ4v) is 2.69. The zero-order chi connectivity index (χ0) is 15.0. The number of halogens is 1. The lowest BCUT2D eigenvalue weighted by Crippen LogP contribution is -2.36. The Labute approximate surface area is 122 Å². The van der Waals surface area contributed by atoms with Crippen molar-refractivity contribution in [3.63, 3.8) is 0 Å². The maximum atomic E-state index is 13.3. The van der Waals surface area contributed by atoms with E-state index in [0.29, 0.717) is 24.1 Å². The minimum atomic E-state index is -0.541. The Morgan fingerprint density at radius 1 is 1.29 bits per heavy atom. The van der Waals surface area contributed by atoms with Crippen LogP contribution in [0.4, 0.5) is 10.1 Å². The molecule has 2 aromatic rings. The third-order valence-corrected chi connectivity index (χ3v) is 3.86. The zero-order valence-electron chi connectivity index (χ0n) is 11.7. The van der Waals surface area contributed by atoms with E-state index in [1.807, 2.05) is 24.3 Å². The van der Waals surface area contributed by atoms with Crippen molar-refractivity contribution >= 4 is 11.6 Å². The number of aryl methyl sites for hydroxylation is 1. The van der Waals surface area contributed by atoms with Crippen LogP contribution < -0.4 is 4.90 Å². The summed E-state index contributed by atoms with van der Waals surface area (Å²) in [5, 5.41) is 10.0. The molecule has 0 aliphatic carbocycles. The third-order valence-electron chi connectivity index (χ3n) is 3.86. The number of para-hydroxylation sites is 1. The van der Waals surface area contributed by atoms with E-state index in [9.17, 15) is 14.3 Å². The minimum Gasteiger partial charge on any atom is -0.388 e. The first-order chi connectivity index (χ1) is 10.1. The molecule has 1 N–H and O–H groups in total. The highest BCUT2D eigenvalue weighted by Gasteiger charge is 2.27. The number of rotatable bonds is 1. The fourth-order valence-electron chi connectivity index (χ4n) is 2.69. The van der Waals surface area contributed by atoms with Gasteiger partial charge in [0.25, 0.3) is 5.91 Å². The molecule has 1 aliphatic rings. The Balaban J connectivity index is 1.99. The van der Waals surface area contributed by atoms with Gasteiger partial charge in [-0.15, -0.1) is 0 Å². The van der Waals surface area contributed by atoms with Crippen LogP contribution in [0.15, 0.2) is 42.5 Å². The zero-order valence-corrected chi connectivity index (χ0v) is 11.7. The predicted octanol–water partition coefficient (Wildman–Crippen LogP) is 3.22. The lowest BCUT2D eigenvalue weighted by Gasteiger charge is -2.32. The van der Waals surface area contributed by atoms with Gasteiger partial charge in [-0.1, -0.05) is 18.2 Å². The summed E-state index contributed by atoms with van der Waals surface area (Å²) < 4.78 is 13.3. The molecule has 0 spiro atoms. The number of hydrogen-bond acceptors (Lipinski definition) is 2. The Morgan fingerprint density at radius 3 is 2.81 bits per heavy atom. The fraction of sp³-hybridized carbons (Fsp3) is 0.235. The molecule has 1 heterocycles. The van der Waals surface area contributed by atoms with Gasteiger partial charge < -0.3 is 10.0 Å². The van der Waals surface area contributed by atoms with Crippen molar-refractivity contribution in [2.24, 2.45) is 0 Å². The summed E-state index contributed by atoms with van der Waals surface area (Å²) >= 11 is 0. The van der Waals surface area contributed by atoms with Crippen molar-refractivity contribution in [2.45, 2.75) is 19.4 Å². The molecule has 3 rings (SSSR count). The molecule has 3 nitrogen and oxygen atoms in total. The molecule has 21 heavy (non-hydrogen) atoms. The van der Waals surface area contributed by atoms with Crippen molar-refractivity contribution in [3.05, 3.63) is 65.0 Å². The van der Waals surface area contributed by atoms with Gasteiger partial charge in [0.15, 0.2) is 0 Å². The number of nitrogens with zero attached hydrogens (tertiary/aromatic N) is 1. The van der Waals surface area contributed by atoms with Crippen molar-refractivity contribution < 1.29 is 14.3 Å². The molecule has 1 atom stereocenters. The lowest BCUT2D eigenvalue weighted by molar-refractivity contribution is 0.0970. The quantitative estimate of drug-likeness (QED) is 0.874. The normalized spacial score (nSPS) is 17.5. The van der Waals surface area contributed by atoms with Gasteiger partial charge in [0.05, 0.1) is 6.10 Å². The Morgan fingerprint density at radius 2 is 2.05 bits per heavy atom. The monoisotopic (exact) mass is 285 g/mol. The maximum absolute atomic E-state index is 13.3. The van der Waals surface area contributed by atoms with Crippen LogP contribution in [-0.4, -0.2) is 17.6 Å². The smallest absolute Gasteiger partial charge is 0.258 e. The first-order valence-electron chi connectivity index (χ1n) is 6.93. The molecule has 0 saturated carbocycles. The predicted molar refractivity (Wildman–Crippen MR) is 78.8 cm³/mol. The number of anilines is 1. The summed E-state index contributed by atoms with van der Waals surface area (Å²) in [7, 11) is 0. The molecule has 1 aliphatic heterocycles. The van der Waals surface area contributed by atoms with Gasteiger partial charge >= 0.3 is 0 Å². The Bertz CT molecular complexity index is 699. The molecule has 2 aromatic carbocycles. The van der Waals surface area contributed by atoms with Gasteiger partial charge in [0, 0.05) is 23.4 Å². The van der Waals surface area contributed by atoms with Gasteiger partial charge in [-0.25, -0.2) is 4.39 Å². The standard InChI is InChI=1S/C17H16FNO2/c1-11-10-12(6-7-14(11)18)17(21)19-9-8-16(20)13-4-2-3-5-15(13)19/h2-7,10,16,20H,8-9H2,1H3. The van der Waals surface area contributed by atoms with Gasteiger partial charge in [-0.3, -0.25) is 4.79 Å². The maximum Gasteiger partial charge on any atom is 0.258 e. The van der Waals surface area contributed by atoms with Gasteiger partial charge in [0.2, 0.25) is 0 Å². The number of aliphatic hydroxyl groups excluding tert-OH is 1. The molecular weight excluding hydrogens is 269 g/mol. The third kappa shape index (κ3) is 2.43. The van der Waals surface area contributed by atoms with Gasteiger partial charge in [-0.2, -0.15) is 0 Å². The molecule has 0 aromatic heterocycles. The summed E-state index contributed by atoms with van der Waals surface area (Å²) in [6, 6.07) is 11.7. The van der Waals surface area contributed by atoms with E-state index in [4.69, 9.17) is 0 Å². The van der Waals surface area contributed by atoms with Gasteiger partial charge in [0.1, 0.15) is 5.82 Å². The van der Waals surface area contributed by atoms with Crippen molar-refractivity contribution in [2.75, 3.05) is 11.4 Å². The number of aliphatic hydroxyl groups is 1. The summed E-state index contributed by atoms with van der Waals surface area (Å²) in [5.74, 6) is -0.488. The average Bonchev–Trinajstić information content (AvgIpc) is 2.50. The first kappa shape index (κ1) is 13.8. The number of carbonyl (C=O) groups is 1. The largest absolute Gasteiger partial charge is 0.388 e. The first-order valence-corrected chi connectivity index (χ1v) is 6.93. The molecule has 0 radical (unpaired) electrons. The highest BCUT2D eigenvalue weighted by molar-refractivity contribution is 6.06. The van der Waals surface area contributed by atoms with E-state index < -0.39 is 6.10 Å². The number of hydrogen-bond donors (Lipinski definition) is 1. The molecule has 1 amide bonds. The highest BCUT2D eigenvalue weighted by Crippen LogP contribution is 2.34. The van der Waals surface area contributed by atoms with Crippen LogP contribution in [-0.2, 0) is 0 Å². The van der Waals surface area contributed by atoms with Crippen molar-refractivity contribution in [1.29, 1.82) is 0 Å². The summed E-state index contributed by atoms with van der Waals surface area (Å²) in [6.45, 7) is 2.09. The van der Waals surface area contributed by atoms with E-state index in [1.165, 1.54) is 12.1 Å². The minimum absolute atomic E-state index is 0.169. The summed E-state index contributed by atoms with van der Waals surface area (Å²) in [5.41, 5.74) is 2.39. The van der Waals surface area contributed by atoms with E-state index in [1.54, 1.807) is 17.9 Å². The van der Waals surface area contributed by atoms with Crippen LogP contribution in [0.1, 0.15) is 34.0 Å². The van der Waals surface area contributed by atoms with E-state index in [2.05, 4.69) is 0 Å². The number of fused-ring (bicyclic) bond motifs is 1. The summed E-state index contributed by atoms with van der Waals surface area (Å²) in [4.78, 5) is 14.3. The lowest BCUT2D eigenvalue weighted by atomic mass is 9.98. The highest BCUT2D eigenvalue weighted by atomic mass is 19.1. The van der Waals surface area contributed by atoms with E-state index in [-0.39, 0.29) is 11.7 Å².